The van der Waals surface area contributed by atoms with Crippen LogP contribution in [0.1, 0.15) is 33.1 Å². The molecule has 1 aromatic carbocycles. The van der Waals surface area contributed by atoms with E-state index >= 15 is 0 Å². The maximum absolute atomic E-state index is 12.9. The molecule has 27 heavy (non-hydrogen) atoms. The van der Waals surface area contributed by atoms with Crippen molar-refractivity contribution in [2.45, 2.75) is 44.0 Å². The second-order valence-corrected chi connectivity index (χ2v) is 8.69. The smallest absolute Gasteiger partial charge is 0.243 e. The lowest BCUT2D eigenvalue weighted by molar-refractivity contribution is -0.126. The Kier molecular flexibility index (Phi) is 5.85. The number of aromatic amines is 1. The number of hydrogen-bond donors (Lipinski definition) is 2. The molecule has 146 valence electrons. The van der Waals surface area contributed by atoms with Crippen LogP contribution in [0.2, 0.25) is 0 Å². The summed E-state index contributed by atoms with van der Waals surface area (Å²) in [7, 11) is -3.59. The van der Waals surface area contributed by atoms with Crippen LogP contribution in [-0.4, -0.2) is 58.4 Å². The molecule has 1 aromatic heterocycles. The van der Waals surface area contributed by atoms with Crippen molar-refractivity contribution in [1.82, 2.24) is 30.2 Å². The standard InChI is InChI=1S/C17H24N6O3S/c1-3-12(2)18-17(24)14-8-10-23(11-9-14)27(25,26)15-6-4-13(5-7-15)16-19-21-22-20-16/h4-7,12,14H,3,8-11H2,1-2H3,(H,18,24)(H,19,20,21,22)/t12-/m0/s1. The number of nitrogens with zero attached hydrogens (tertiary/aromatic N) is 4. The van der Waals surface area contributed by atoms with Crippen LogP contribution in [-0.2, 0) is 14.8 Å². The number of amides is 1. The van der Waals surface area contributed by atoms with E-state index in [1.54, 1.807) is 24.3 Å². The molecule has 9 nitrogen and oxygen atoms in total. The van der Waals surface area contributed by atoms with E-state index in [0.29, 0.717) is 37.3 Å². The lowest BCUT2D eigenvalue weighted by Gasteiger charge is -2.31. The van der Waals surface area contributed by atoms with E-state index in [1.165, 1.54) is 4.31 Å². The van der Waals surface area contributed by atoms with Gasteiger partial charge < -0.3 is 5.32 Å². The van der Waals surface area contributed by atoms with Crippen LogP contribution in [0.4, 0.5) is 0 Å². The van der Waals surface area contributed by atoms with Gasteiger partial charge >= 0.3 is 0 Å². The van der Waals surface area contributed by atoms with E-state index in [2.05, 4.69) is 25.9 Å². The van der Waals surface area contributed by atoms with E-state index in [-0.39, 0.29) is 22.8 Å². The van der Waals surface area contributed by atoms with Crippen molar-refractivity contribution < 1.29 is 13.2 Å². The third kappa shape index (κ3) is 4.33. The van der Waals surface area contributed by atoms with Gasteiger partial charge in [0.1, 0.15) is 0 Å². The minimum absolute atomic E-state index is 0.0193. The van der Waals surface area contributed by atoms with Gasteiger partial charge in [-0.25, -0.2) is 8.42 Å². The quantitative estimate of drug-likeness (QED) is 0.761. The fourth-order valence-electron chi connectivity index (χ4n) is 3.03. The third-order valence-corrected chi connectivity index (χ3v) is 6.83. The number of rotatable bonds is 6. The second kappa shape index (κ2) is 8.13. The van der Waals surface area contributed by atoms with Gasteiger partial charge in [0.25, 0.3) is 0 Å². The summed E-state index contributed by atoms with van der Waals surface area (Å²) in [6.45, 7) is 4.67. The predicted octanol–water partition coefficient (Wildman–Crippen LogP) is 1.18. The maximum atomic E-state index is 12.9. The highest BCUT2D eigenvalue weighted by Gasteiger charge is 2.32. The van der Waals surface area contributed by atoms with Crippen molar-refractivity contribution in [3.63, 3.8) is 0 Å². The van der Waals surface area contributed by atoms with Crippen LogP contribution in [0.15, 0.2) is 29.2 Å². The normalized spacial score (nSPS) is 17.6. The third-order valence-electron chi connectivity index (χ3n) is 4.92. The molecule has 1 saturated heterocycles. The van der Waals surface area contributed by atoms with Gasteiger partial charge in [-0.1, -0.05) is 6.92 Å². The molecular formula is C17H24N6O3S. The summed E-state index contributed by atoms with van der Waals surface area (Å²) in [5, 5.41) is 16.6. The number of carbonyl (C=O) groups is 1. The van der Waals surface area contributed by atoms with Crippen molar-refractivity contribution >= 4 is 15.9 Å². The lowest BCUT2D eigenvalue weighted by Crippen LogP contribution is -2.44. The van der Waals surface area contributed by atoms with Crippen LogP contribution in [0, 0.1) is 5.92 Å². The zero-order valence-corrected chi connectivity index (χ0v) is 16.2. The molecule has 0 aliphatic carbocycles. The molecule has 2 N–H and O–H groups in total. The summed E-state index contributed by atoms with van der Waals surface area (Å²) in [6, 6.07) is 6.54. The Balaban J connectivity index is 1.64. The predicted molar refractivity (Wildman–Crippen MR) is 99.0 cm³/mol. The van der Waals surface area contributed by atoms with Gasteiger partial charge in [0.05, 0.1) is 4.90 Å². The molecule has 0 spiro atoms. The zero-order chi connectivity index (χ0) is 19.4. The summed E-state index contributed by atoms with van der Waals surface area (Å²) in [6.07, 6.45) is 1.93. The van der Waals surface area contributed by atoms with Gasteiger partial charge in [0.15, 0.2) is 0 Å². The number of H-pyrrole nitrogens is 1. The fraction of sp³-hybridized carbons (Fsp3) is 0.529. The topological polar surface area (TPSA) is 121 Å². The number of aromatic nitrogens is 4. The first-order valence-electron chi connectivity index (χ1n) is 9.06. The molecule has 2 aromatic rings. The summed E-state index contributed by atoms with van der Waals surface area (Å²) < 4.78 is 27.2. The Morgan fingerprint density at radius 1 is 1.30 bits per heavy atom. The minimum atomic E-state index is -3.59. The molecule has 3 rings (SSSR count). The van der Waals surface area contributed by atoms with Gasteiger partial charge in [-0.2, -0.15) is 9.52 Å². The molecule has 1 atom stereocenters. The fourth-order valence-corrected chi connectivity index (χ4v) is 4.50. The first kappa shape index (κ1) is 19.4. The Hall–Kier alpha value is -2.33. The van der Waals surface area contributed by atoms with E-state index in [4.69, 9.17) is 0 Å². The summed E-state index contributed by atoms with van der Waals surface area (Å²) >= 11 is 0. The largest absolute Gasteiger partial charge is 0.353 e. The Labute approximate surface area is 158 Å². The van der Waals surface area contributed by atoms with Crippen molar-refractivity contribution in [1.29, 1.82) is 0 Å². The molecule has 1 amide bonds. The van der Waals surface area contributed by atoms with E-state index < -0.39 is 10.0 Å². The molecule has 0 saturated carbocycles. The van der Waals surface area contributed by atoms with Gasteiger partial charge in [-0.05, 0) is 55.7 Å². The number of sulfonamides is 1. The van der Waals surface area contributed by atoms with Crippen LogP contribution in [0.5, 0.6) is 0 Å². The number of nitrogens with one attached hydrogen (secondary N) is 2. The van der Waals surface area contributed by atoms with Crippen LogP contribution < -0.4 is 5.32 Å². The van der Waals surface area contributed by atoms with Crippen molar-refractivity contribution in [2.75, 3.05) is 13.1 Å². The molecule has 0 unspecified atom stereocenters. The van der Waals surface area contributed by atoms with Crippen LogP contribution in [0.3, 0.4) is 0 Å². The van der Waals surface area contributed by atoms with Gasteiger partial charge in [-0.3, -0.25) is 4.79 Å². The van der Waals surface area contributed by atoms with E-state index in [9.17, 15) is 13.2 Å². The van der Waals surface area contributed by atoms with Crippen LogP contribution >= 0.6 is 0 Å². The van der Waals surface area contributed by atoms with Crippen molar-refractivity contribution in [2.24, 2.45) is 5.92 Å². The number of carbonyl (C=O) groups excluding carboxylic acids is 1. The monoisotopic (exact) mass is 392 g/mol. The highest BCUT2D eigenvalue weighted by Crippen LogP contribution is 2.25. The number of hydrogen-bond acceptors (Lipinski definition) is 6. The highest BCUT2D eigenvalue weighted by molar-refractivity contribution is 7.89. The maximum Gasteiger partial charge on any atom is 0.243 e. The van der Waals surface area contributed by atoms with Crippen molar-refractivity contribution in [3.05, 3.63) is 24.3 Å². The first-order valence-corrected chi connectivity index (χ1v) is 10.5. The summed E-state index contributed by atoms with van der Waals surface area (Å²) in [5.74, 6) is 0.295. The Bertz CT molecular complexity index is 859. The highest BCUT2D eigenvalue weighted by atomic mass is 32.2. The minimum Gasteiger partial charge on any atom is -0.353 e. The van der Waals surface area contributed by atoms with Gasteiger partial charge in [0, 0.05) is 30.6 Å². The number of benzene rings is 1. The number of tetrazole rings is 1. The Morgan fingerprint density at radius 2 is 1.96 bits per heavy atom. The molecule has 1 aliphatic heterocycles. The molecular weight excluding hydrogens is 368 g/mol. The lowest BCUT2D eigenvalue weighted by atomic mass is 9.97. The summed E-state index contributed by atoms with van der Waals surface area (Å²) in [5.41, 5.74) is 0.683. The summed E-state index contributed by atoms with van der Waals surface area (Å²) in [4.78, 5) is 12.5. The Morgan fingerprint density at radius 3 is 2.52 bits per heavy atom. The molecule has 10 heteroatoms. The molecule has 2 heterocycles. The molecule has 0 radical (unpaired) electrons. The zero-order valence-electron chi connectivity index (χ0n) is 15.4. The van der Waals surface area contributed by atoms with Gasteiger partial charge in [0.2, 0.25) is 21.8 Å². The second-order valence-electron chi connectivity index (χ2n) is 6.76. The number of piperidine rings is 1. The first-order chi connectivity index (χ1) is 12.9. The average Bonchev–Trinajstić information content (AvgIpc) is 3.23. The van der Waals surface area contributed by atoms with E-state index in [1.807, 2.05) is 13.8 Å². The molecule has 1 fully saturated rings. The SMILES string of the molecule is CC[C@H](C)NC(=O)C1CCN(S(=O)(=O)c2ccc(-c3nn[nH]n3)cc2)CC1. The van der Waals surface area contributed by atoms with E-state index in [0.717, 1.165) is 6.42 Å². The van der Waals surface area contributed by atoms with Gasteiger partial charge in [-0.15, -0.1) is 10.2 Å². The van der Waals surface area contributed by atoms with Crippen molar-refractivity contribution in [3.8, 4) is 11.4 Å². The van der Waals surface area contributed by atoms with Crippen LogP contribution in [0.25, 0.3) is 11.4 Å². The average molecular weight is 392 g/mol. The molecule has 1 aliphatic rings. The molecule has 0 bridgehead atoms.